The molecule has 1 rings (SSSR count). The Bertz CT molecular complexity index is 366. The van der Waals surface area contributed by atoms with Crippen LogP contribution in [-0.4, -0.2) is 26.0 Å². The Labute approximate surface area is 94.6 Å². The highest BCUT2D eigenvalue weighted by atomic mass is 19.1. The van der Waals surface area contributed by atoms with Crippen LogP contribution in [0.5, 0.6) is 5.75 Å². The molecule has 0 unspecified atom stereocenters. The zero-order chi connectivity index (χ0) is 12.0. The summed E-state index contributed by atoms with van der Waals surface area (Å²) in [5.74, 6) is -0.475. The molecule has 0 amide bonds. The van der Waals surface area contributed by atoms with E-state index in [4.69, 9.17) is 4.74 Å². The Morgan fingerprint density at radius 1 is 1.50 bits per heavy atom. The topological polar surface area (TPSA) is 38.3 Å². The minimum atomic E-state index is -0.510. The Kier molecular flexibility index (Phi) is 4.92. The number of carbonyl (C=O) groups is 1. The summed E-state index contributed by atoms with van der Waals surface area (Å²) < 4.78 is 18.1. The van der Waals surface area contributed by atoms with Crippen molar-refractivity contribution in [3.05, 3.63) is 29.6 Å². The van der Waals surface area contributed by atoms with Gasteiger partial charge >= 0.3 is 0 Å². The van der Waals surface area contributed by atoms with Gasteiger partial charge in [-0.05, 0) is 31.2 Å². The van der Waals surface area contributed by atoms with Crippen LogP contribution in [0.4, 0.5) is 4.39 Å². The van der Waals surface area contributed by atoms with E-state index in [-0.39, 0.29) is 18.1 Å². The smallest absolute Gasteiger partial charge is 0.176 e. The quantitative estimate of drug-likeness (QED) is 0.594. The predicted octanol–water partition coefficient (Wildman–Crippen LogP) is 2.02. The molecule has 16 heavy (non-hydrogen) atoms. The largest absolute Gasteiger partial charge is 0.494 e. The zero-order valence-electron chi connectivity index (χ0n) is 9.55. The van der Waals surface area contributed by atoms with Crippen LogP contribution in [0.25, 0.3) is 0 Å². The molecule has 0 heterocycles. The number of hydrogen-bond donors (Lipinski definition) is 1. The second kappa shape index (κ2) is 6.23. The summed E-state index contributed by atoms with van der Waals surface area (Å²) in [5.41, 5.74) is 0.363. The summed E-state index contributed by atoms with van der Waals surface area (Å²) in [7, 11) is 1.39. The molecule has 0 aliphatic heterocycles. The van der Waals surface area contributed by atoms with Gasteiger partial charge in [-0.3, -0.25) is 4.79 Å². The lowest BCUT2D eigenvalue weighted by Crippen LogP contribution is -2.23. The molecule has 4 heteroatoms. The second-order valence-corrected chi connectivity index (χ2v) is 3.45. The number of benzene rings is 1. The van der Waals surface area contributed by atoms with Gasteiger partial charge < -0.3 is 10.1 Å². The monoisotopic (exact) mass is 225 g/mol. The van der Waals surface area contributed by atoms with E-state index in [0.717, 1.165) is 13.0 Å². The van der Waals surface area contributed by atoms with E-state index < -0.39 is 5.82 Å². The molecular weight excluding hydrogens is 209 g/mol. The zero-order valence-corrected chi connectivity index (χ0v) is 9.55. The molecule has 0 aromatic heterocycles. The highest BCUT2D eigenvalue weighted by Crippen LogP contribution is 2.17. The van der Waals surface area contributed by atoms with Gasteiger partial charge in [0.25, 0.3) is 0 Å². The van der Waals surface area contributed by atoms with Crippen molar-refractivity contribution < 1.29 is 13.9 Å². The van der Waals surface area contributed by atoms with Crippen molar-refractivity contribution in [1.82, 2.24) is 5.32 Å². The fraction of sp³-hybridized carbons (Fsp3) is 0.417. The molecule has 0 saturated carbocycles. The van der Waals surface area contributed by atoms with Gasteiger partial charge in [-0.1, -0.05) is 6.92 Å². The number of hydrogen-bond acceptors (Lipinski definition) is 3. The minimum absolute atomic E-state index is 0.116. The van der Waals surface area contributed by atoms with Gasteiger partial charge in [-0.15, -0.1) is 0 Å². The van der Waals surface area contributed by atoms with Gasteiger partial charge in [0.1, 0.15) is 0 Å². The standard InChI is InChI=1S/C12H16FNO2/c1-3-6-14-8-11(15)9-4-5-12(16-2)10(13)7-9/h4-5,7,14H,3,6,8H2,1-2H3. The first-order valence-corrected chi connectivity index (χ1v) is 5.26. The first kappa shape index (κ1) is 12.6. The van der Waals surface area contributed by atoms with Gasteiger partial charge in [0.05, 0.1) is 13.7 Å². The maximum Gasteiger partial charge on any atom is 0.176 e. The third kappa shape index (κ3) is 3.31. The fourth-order valence-corrected chi connectivity index (χ4v) is 1.32. The lowest BCUT2D eigenvalue weighted by molar-refractivity contribution is 0.0991. The fourth-order valence-electron chi connectivity index (χ4n) is 1.32. The van der Waals surface area contributed by atoms with Crippen LogP contribution in [0, 0.1) is 5.82 Å². The molecule has 0 radical (unpaired) electrons. The second-order valence-electron chi connectivity index (χ2n) is 3.45. The van der Waals surface area contributed by atoms with Crippen LogP contribution in [0.15, 0.2) is 18.2 Å². The SMILES string of the molecule is CCCNCC(=O)c1ccc(OC)c(F)c1. The molecule has 0 atom stereocenters. The number of halogens is 1. The maximum atomic E-state index is 13.3. The van der Waals surface area contributed by atoms with Gasteiger partial charge in [-0.2, -0.15) is 0 Å². The molecule has 0 aliphatic carbocycles. The normalized spacial score (nSPS) is 10.2. The van der Waals surface area contributed by atoms with Crippen LogP contribution in [-0.2, 0) is 0 Å². The van der Waals surface area contributed by atoms with E-state index in [0.29, 0.717) is 5.56 Å². The Morgan fingerprint density at radius 2 is 2.25 bits per heavy atom. The number of nitrogens with one attached hydrogen (secondary N) is 1. The summed E-state index contributed by atoms with van der Waals surface area (Å²) in [6.45, 7) is 3.04. The van der Waals surface area contributed by atoms with Gasteiger partial charge in [0.15, 0.2) is 17.3 Å². The summed E-state index contributed by atoms with van der Waals surface area (Å²) in [6, 6.07) is 4.23. The maximum absolute atomic E-state index is 13.3. The Morgan fingerprint density at radius 3 is 2.81 bits per heavy atom. The van der Waals surface area contributed by atoms with Gasteiger partial charge in [0.2, 0.25) is 0 Å². The summed E-state index contributed by atoms with van der Waals surface area (Å²) in [6.07, 6.45) is 0.963. The molecule has 0 bridgehead atoms. The Balaban J connectivity index is 2.66. The van der Waals surface area contributed by atoms with Crippen molar-refractivity contribution >= 4 is 5.78 Å². The van der Waals surface area contributed by atoms with E-state index in [1.807, 2.05) is 6.92 Å². The van der Waals surface area contributed by atoms with Crippen molar-refractivity contribution in [3.63, 3.8) is 0 Å². The summed E-state index contributed by atoms with van der Waals surface area (Å²) in [5, 5.41) is 2.98. The highest BCUT2D eigenvalue weighted by molar-refractivity contribution is 5.97. The molecule has 1 N–H and O–H groups in total. The molecule has 1 aromatic rings. The molecule has 0 aliphatic rings. The summed E-state index contributed by atoms with van der Waals surface area (Å²) in [4.78, 5) is 11.6. The van der Waals surface area contributed by atoms with Crippen LogP contribution >= 0.6 is 0 Å². The summed E-state index contributed by atoms with van der Waals surface area (Å²) >= 11 is 0. The molecule has 0 spiro atoms. The molecule has 0 saturated heterocycles. The first-order chi connectivity index (χ1) is 7.69. The van der Waals surface area contributed by atoms with Crippen LogP contribution < -0.4 is 10.1 Å². The van der Waals surface area contributed by atoms with E-state index in [1.54, 1.807) is 6.07 Å². The number of carbonyl (C=O) groups excluding carboxylic acids is 1. The van der Waals surface area contributed by atoms with Gasteiger partial charge in [0, 0.05) is 5.56 Å². The molecule has 88 valence electrons. The van der Waals surface area contributed by atoms with E-state index in [2.05, 4.69) is 5.32 Å². The average Bonchev–Trinajstić information content (AvgIpc) is 2.29. The average molecular weight is 225 g/mol. The lowest BCUT2D eigenvalue weighted by atomic mass is 10.1. The number of rotatable bonds is 6. The predicted molar refractivity (Wildman–Crippen MR) is 60.4 cm³/mol. The number of methoxy groups -OCH3 is 1. The first-order valence-electron chi connectivity index (χ1n) is 5.26. The van der Waals surface area contributed by atoms with E-state index in [1.165, 1.54) is 19.2 Å². The van der Waals surface area contributed by atoms with Crippen molar-refractivity contribution in [2.75, 3.05) is 20.2 Å². The van der Waals surface area contributed by atoms with Crippen molar-refractivity contribution in [2.24, 2.45) is 0 Å². The van der Waals surface area contributed by atoms with Crippen LogP contribution in [0.2, 0.25) is 0 Å². The van der Waals surface area contributed by atoms with Crippen molar-refractivity contribution in [3.8, 4) is 5.75 Å². The minimum Gasteiger partial charge on any atom is -0.494 e. The Hall–Kier alpha value is -1.42. The van der Waals surface area contributed by atoms with E-state index in [9.17, 15) is 9.18 Å². The van der Waals surface area contributed by atoms with Crippen LogP contribution in [0.1, 0.15) is 23.7 Å². The third-order valence-electron chi connectivity index (χ3n) is 2.19. The van der Waals surface area contributed by atoms with Crippen LogP contribution in [0.3, 0.4) is 0 Å². The highest BCUT2D eigenvalue weighted by Gasteiger charge is 2.09. The number of Topliss-reactive ketones (excluding diaryl/α,β-unsaturated/α-hetero) is 1. The molecule has 1 aromatic carbocycles. The number of ether oxygens (including phenoxy) is 1. The molecule has 3 nitrogen and oxygen atoms in total. The lowest BCUT2D eigenvalue weighted by Gasteiger charge is -2.05. The van der Waals surface area contributed by atoms with Crippen molar-refractivity contribution in [2.45, 2.75) is 13.3 Å². The molecular formula is C12H16FNO2. The van der Waals surface area contributed by atoms with Crippen molar-refractivity contribution in [1.29, 1.82) is 0 Å². The number of ketones is 1. The van der Waals surface area contributed by atoms with Gasteiger partial charge in [-0.25, -0.2) is 4.39 Å². The molecule has 0 fully saturated rings. The van der Waals surface area contributed by atoms with E-state index >= 15 is 0 Å². The third-order valence-corrected chi connectivity index (χ3v) is 2.19.